The zero-order chi connectivity index (χ0) is 15.2. The molecule has 1 unspecified atom stereocenters. The van der Waals surface area contributed by atoms with E-state index in [1.165, 1.54) is 12.8 Å². The first-order chi connectivity index (χ1) is 10.1. The molecule has 1 atom stereocenters. The second kappa shape index (κ2) is 7.41. The van der Waals surface area contributed by atoms with Crippen LogP contribution in [0.4, 0.5) is 0 Å². The van der Waals surface area contributed by atoms with E-state index in [0.717, 1.165) is 31.9 Å². The van der Waals surface area contributed by atoms with Crippen LogP contribution in [-0.2, 0) is 7.05 Å². The Hall–Kier alpha value is -1.62. The third kappa shape index (κ3) is 4.43. The van der Waals surface area contributed by atoms with E-state index in [1.807, 2.05) is 20.0 Å². The molecule has 5 nitrogen and oxygen atoms in total. The van der Waals surface area contributed by atoms with Crippen molar-refractivity contribution in [1.29, 1.82) is 0 Å². The predicted molar refractivity (Wildman–Crippen MR) is 84.3 cm³/mol. The molecule has 0 radical (unpaired) electrons. The van der Waals surface area contributed by atoms with Gasteiger partial charge in [-0.1, -0.05) is 12.2 Å². The number of carbonyl (C=O) groups is 1. The van der Waals surface area contributed by atoms with Crippen LogP contribution in [0.5, 0.6) is 0 Å². The summed E-state index contributed by atoms with van der Waals surface area (Å²) in [5.74, 6) is 0.474. The summed E-state index contributed by atoms with van der Waals surface area (Å²) in [5.41, 5.74) is 1.51. The van der Waals surface area contributed by atoms with E-state index >= 15 is 0 Å². The minimum absolute atomic E-state index is 0.0655. The van der Waals surface area contributed by atoms with Crippen molar-refractivity contribution in [3.8, 4) is 0 Å². The van der Waals surface area contributed by atoms with E-state index in [1.54, 1.807) is 4.68 Å². The third-order valence-electron chi connectivity index (χ3n) is 4.10. The van der Waals surface area contributed by atoms with Crippen LogP contribution in [0.15, 0.2) is 18.2 Å². The summed E-state index contributed by atoms with van der Waals surface area (Å²) < 4.78 is 1.73. The quantitative estimate of drug-likeness (QED) is 0.841. The van der Waals surface area contributed by atoms with E-state index in [9.17, 15) is 4.79 Å². The molecule has 21 heavy (non-hydrogen) atoms. The van der Waals surface area contributed by atoms with Gasteiger partial charge in [0.2, 0.25) is 0 Å². The Bertz CT molecular complexity index is 487. The van der Waals surface area contributed by atoms with E-state index in [2.05, 4.69) is 34.4 Å². The lowest BCUT2D eigenvalue weighted by Gasteiger charge is -2.32. The molecular weight excluding hydrogens is 264 g/mol. The van der Waals surface area contributed by atoms with Gasteiger partial charge in [0, 0.05) is 32.4 Å². The average Bonchev–Trinajstić information content (AvgIpc) is 2.83. The topological polar surface area (TPSA) is 50.2 Å². The monoisotopic (exact) mass is 290 g/mol. The number of piperidine rings is 1. The summed E-state index contributed by atoms with van der Waals surface area (Å²) in [6.45, 7) is 7.97. The van der Waals surface area contributed by atoms with Gasteiger partial charge in [0.25, 0.3) is 5.91 Å². The number of rotatable bonds is 5. The molecule has 0 aliphatic carbocycles. The molecule has 5 heteroatoms. The Morgan fingerprint density at radius 1 is 1.57 bits per heavy atom. The van der Waals surface area contributed by atoms with Crippen LogP contribution < -0.4 is 5.32 Å². The van der Waals surface area contributed by atoms with Crippen molar-refractivity contribution in [3.05, 3.63) is 29.6 Å². The van der Waals surface area contributed by atoms with Gasteiger partial charge in [-0.25, -0.2) is 0 Å². The zero-order valence-electron chi connectivity index (χ0n) is 13.3. The first-order valence-electron chi connectivity index (χ1n) is 7.72. The summed E-state index contributed by atoms with van der Waals surface area (Å²) in [7, 11) is 1.85. The van der Waals surface area contributed by atoms with E-state index in [4.69, 9.17) is 0 Å². The zero-order valence-corrected chi connectivity index (χ0v) is 13.3. The van der Waals surface area contributed by atoms with Gasteiger partial charge in [-0.05, 0) is 45.2 Å². The highest BCUT2D eigenvalue weighted by Gasteiger charge is 2.20. The van der Waals surface area contributed by atoms with Crippen LogP contribution in [0.25, 0.3) is 0 Å². The normalized spacial score (nSPS) is 20.0. The van der Waals surface area contributed by atoms with Gasteiger partial charge in [-0.3, -0.25) is 14.4 Å². The van der Waals surface area contributed by atoms with Gasteiger partial charge in [0.1, 0.15) is 5.69 Å². The minimum Gasteiger partial charge on any atom is -0.350 e. The number of aryl methyl sites for hydroxylation is 2. The number of hydrogen-bond donors (Lipinski definition) is 1. The standard InChI is InChI=1S/C16H26N4O/c1-4-5-8-20-9-6-7-14(12-20)11-17-16(21)15-10-13(2)19(3)18-15/h4-5,10,14H,6-9,11-12H2,1-3H3,(H,17,21). The number of allylic oxidation sites excluding steroid dienone is 1. The molecule has 0 spiro atoms. The number of nitrogens with one attached hydrogen (secondary N) is 1. The SMILES string of the molecule is CC=CCN1CCCC(CNC(=O)c2cc(C)n(C)n2)C1. The molecule has 1 saturated heterocycles. The average molecular weight is 290 g/mol. The van der Waals surface area contributed by atoms with Crippen LogP contribution in [0.1, 0.15) is 35.9 Å². The van der Waals surface area contributed by atoms with Gasteiger partial charge in [-0.2, -0.15) is 5.10 Å². The predicted octanol–water partition coefficient (Wildman–Crippen LogP) is 1.75. The molecule has 1 aliphatic rings. The second-order valence-corrected chi connectivity index (χ2v) is 5.84. The van der Waals surface area contributed by atoms with Crippen molar-refractivity contribution in [3.63, 3.8) is 0 Å². The van der Waals surface area contributed by atoms with Gasteiger partial charge in [-0.15, -0.1) is 0 Å². The van der Waals surface area contributed by atoms with Crippen LogP contribution >= 0.6 is 0 Å². The molecule has 116 valence electrons. The molecule has 2 rings (SSSR count). The molecule has 0 bridgehead atoms. The van der Waals surface area contributed by atoms with Gasteiger partial charge in [0.05, 0.1) is 0 Å². The Morgan fingerprint density at radius 3 is 3.05 bits per heavy atom. The first kappa shape index (κ1) is 15.8. The molecule has 1 N–H and O–H groups in total. The maximum absolute atomic E-state index is 12.1. The highest BCUT2D eigenvalue weighted by Crippen LogP contribution is 2.15. The largest absolute Gasteiger partial charge is 0.350 e. The van der Waals surface area contributed by atoms with E-state index < -0.39 is 0 Å². The van der Waals surface area contributed by atoms with Crippen LogP contribution in [0.3, 0.4) is 0 Å². The van der Waals surface area contributed by atoms with Crippen LogP contribution in [0.2, 0.25) is 0 Å². The summed E-state index contributed by atoms with van der Waals surface area (Å²) in [4.78, 5) is 14.5. The third-order valence-corrected chi connectivity index (χ3v) is 4.10. The molecule has 1 fully saturated rings. The lowest BCUT2D eigenvalue weighted by molar-refractivity contribution is 0.0929. The lowest BCUT2D eigenvalue weighted by atomic mass is 9.98. The summed E-state index contributed by atoms with van der Waals surface area (Å²) >= 11 is 0. The number of hydrogen-bond acceptors (Lipinski definition) is 3. The molecule has 0 aromatic carbocycles. The number of amides is 1. The Balaban J connectivity index is 1.80. The van der Waals surface area contributed by atoms with Crippen molar-refractivity contribution in [2.24, 2.45) is 13.0 Å². The van der Waals surface area contributed by atoms with Crippen molar-refractivity contribution >= 4 is 5.91 Å². The van der Waals surface area contributed by atoms with Crippen molar-refractivity contribution in [1.82, 2.24) is 20.0 Å². The maximum Gasteiger partial charge on any atom is 0.271 e. The lowest BCUT2D eigenvalue weighted by Crippen LogP contribution is -2.41. The summed E-state index contributed by atoms with van der Waals surface area (Å²) in [6, 6.07) is 1.83. The van der Waals surface area contributed by atoms with Gasteiger partial charge < -0.3 is 5.32 Å². The number of likely N-dealkylation sites (tertiary alicyclic amines) is 1. The minimum atomic E-state index is -0.0655. The second-order valence-electron chi connectivity index (χ2n) is 5.84. The first-order valence-corrected chi connectivity index (χ1v) is 7.72. The van der Waals surface area contributed by atoms with Crippen molar-refractivity contribution < 1.29 is 4.79 Å². The number of nitrogens with zero attached hydrogens (tertiary/aromatic N) is 3. The van der Waals surface area contributed by atoms with Crippen LogP contribution in [0, 0.1) is 12.8 Å². The van der Waals surface area contributed by atoms with Gasteiger partial charge in [0.15, 0.2) is 0 Å². The summed E-state index contributed by atoms with van der Waals surface area (Å²) in [5, 5.41) is 7.24. The number of aromatic nitrogens is 2. The highest BCUT2D eigenvalue weighted by atomic mass is 16.1. The maximum atomic E-state index is 12.1. The molecule has 1 aromatic heterocycles. The highest BCUT2D eigenvalue weighted by molar-refractivity contribution is 5.92. The van der Waals surface area contributed by atoms with Crippen LogP contribution in [-0.4, -0.2) is 46.8 Å². The van der Waals surface area contributed by atoms with E-state index in [-0.39, 0.29) is 5.91 Å². The van der Waals surface area contributed by atoms with Crippen molar-refractivity contribution in [2.45, 2.75) is 26.7 Å². The molecule has 0 saturated carbocycles. The molecular formula is C16H26N4O. The number of carbonyl (C=O) groups excluding carboxylic acids is 1. The molecule has 2 heterocycles. The Labute approximate surface area is 127 Å². The fourth-order valence-corrected chi connectivity index (χ4v) is 2.74. The Morgan fingerprint density at radius 2 is 2.38 bits per heavy atom. The smallest absolute Gasteiger partial charge is 0.271 e. The van der Waals surface area contributed by atoms with Gasteiger partial charge >= 0.3 is 0 Å². The fraction of sp³-hybridized carbons (Fsp3) is 0.625. The molecule has 1 aliphatic heterocycles. The Kier molecular flexibility index (Phi) is 5.56. The molecule has 1 amide bonds. The van der Waals surface area contributed by atoms with E-state index in [0.29, 0.717) is 11.6 Å². The fourth-order valence-electron chi connectivity index (χ4n) is 2.74. The summed E-state index contributed by atoms with van der Waals surface area (Å²) in [6.07, 6.45) is 6.68. The molecule has 1 aromatic rings. The van der Waals surface area contributed by atoms with Crippen molar-refractivity contribution in [2.75, 3.05) is 26.2 Å².